The van der Waals surface area contributed by atoms with Gasteiger partial charge in [-0.3, -0.25) is 0 Å². The summed E-state index contributed by atoms with van der Waals surface area (Å²) in [5.41, 5.74) is 16.8. The molecule has 42 heavy (non-hydrogen) atoms. The molecule has 0 atom stereocenters. The number of hydrogen-bond donors (Lipinski definition) is 0. The summed E-state index contributed by atoms with van der Waals surface area (Å²) >= 11 is 14.7. The van der Waals surface area contributed by atoms with Gasteiger partial charge in [0.05, 0.1) is 55.7 Å². The second-order valence-electron chi connectivity index (χ2n) is 11.0. The predicted octanol–water partition coefficient (Wildman–Crippen LogP) is 11.0. The Morgan fingerprint density at radius 3 is 1.48 bits per heavy atom. The topological polar surface area (TPSA) is 49.4 Å². The van der Waals surface area contributed by atoms with Crippen LogP contribution in [0.4, 0.5) is 0 Å². The number of aliphatic imine (C=N–C) groups is 4. The summed E-state index contributed by atoms with van der Waals surface area (Å²) in [7, 11) is 0. The fraction of sp³-hybridized carbons (Fsp3) is 0.444. The Morgan fingerprint density at radius 2 is 0.905 bits per heavy atom. The Bertz CT molecular complexity index is 1640. The first-order chi connectivity index (χ1) is 20.3. The first kappa shape index (κ1) is 30.6. The van der Waals surface area contributed by atoms with Crippen LogP contribution in [0.25, 0.3) is 0 Å². The fourth-order valence-corrected chi connectivity index (χ4v) is 7.54. The van der Waals surface area contributed by atoms with Crippen LogP contribution in [0.2, 0.25) is 0 Å². The van der Waals surface area contributed by atoms with Gasteiger partial charge in [-0.15, -0.1) is 0 Å². The third-order valence-electron chi connectivity index (χ3n) is 8.92. The largest absolute Gasteiger partial charge is 0.247 e. The summed E-state index contributed by atoms with van der Waals surface area (Å²) in [4.78, 5) is 20.9. The first-order valence-electron chi connectivity index (χ1n) is 15.8. The summed E-state index contributed by atoms with van der Waals surface area (Å²) in [5, 5.41) is 1.27. The highest BCUT2D eigenvalue weighted by atomic mass is 35.5. The average Bonchev–Trinajstić information content (AvgIpc) is 3.77. The van der Waals surface area contributed by atoms with Crippen LogP contribution in [0, 0.1) is 0 Å². The van der Waals surface area contributed by atoms with Crippen molar-refractivity contribution in [1.82, 2.24) is 0 Å². The Balaban J connectivity index is 1.95. The van der Waals surface area contributed by atoms with E-state index in [4.69, 9.17) is 43.2 Å². The van der Waals surface area contributed by atoms with Gasteiger partial charge in [0, 0.05) is 5.57 Å². The molecule has 0 radical (unpaired) electrons. The van der Waals surface area contributed by atoms with Gasteiger partial charge in [-0.2, -0.15) is 0 Å². The molecule has 0 amide bonds. The average molecular weight is 602 g/mol. The molecular formula is C36H42Cl2N4. The quantitative estimate of drug-likeness (QED) is 0.266. The summed E-state index contributed by atoms with van der Waals surface area (Å²) < 4.78 is 0. The van der Waals surface area contributed by atoms with Gasteiger partial charge in [0.15, 0.2) is 0 Å². The van der Waals surface area contributed by atoms with Gasteiger partial charge in [-0.25, -0.2) is 20.0 Å². The van der Waals surface area contributed by atoms with Gasteiger partial charge in [0.2, 0.25) is 0 Å². The number of allylic oxidation sites excluding steroid dienone is 12. The van der Waals surface area contributed by atoms with Crippen LogP contribution in [0.5, 0.6) is 0 Å². The van der Waals surface area contributed by atoms with E-state index in [0.717, 1.165) is 108 Å². The highest BCUT2D eigenvalue weighted by Gasteiger charge is 2.34. The lowest BCUT2D eigenvalue weighted by atomic mass is 9.90. The van der Waals surface area contributed by atoms with E-state index >= 15 is 0 Å². The lowest BCUT2D eigenvalue weighted by molar-refractivity contribution is 1.02. The summed E-state index contributed by atoms with van der Waals surface area (Å²) in [6, 6.07) is 0. The van der Waals surface area contributed by atoms with Crippen molar-refractivity contribution in [3.05, 3.63) is 89.6 Å². The van der Waals surface area contributed by atoms with Gasteiger partial charge < -0.3 is 0 Å². The Morgan fingerprint density at radius 1 is 0.429 bits per heavy atom. The van der Waals surface area contributed by atoms with E-state index in [2.05, 4.69) is 67.5 Å². The van der Waals surface area contributed by atoms with Crippen LogP contribution in [0.15, 0.2) is 110 Å². The van der Waals surface area contributed by atoms with Crippen molar-refractivity contribution in [2.45, 2.75) is 107 Å². The number of fused-ring (bicyclic) bond motifs is 4. The third-order valence-corrected chi connectivity index (χ3v) is 9.64. The number of hydrogen-bond acceptors (Lipinski definition) is 4. The molecule has 5 aliphatic heterocycles. The van der Waals surface area contributed by atoms with E-state index in [1.807, 2.05) is 0 Å². The highest BCUT2D eigenvalue weighted by Crippen LogP contribution is 2.44. The maximum atomic E-state index is 7.36. The predicted molar refractivity (Wildman–Crippen MR) is 182 cm³/mol. The van der Waals surface area contributed by atoms with Crippen molar-refractivity contribution in [2.24, 2.45) is 20.0 Å². The van der Waals surface area contributed by atoms with Gasteiger partial charge in [-0.1, -0.05) is 78.6 Å². The molecule has 8 bridgehead atoms. The van der Waals surface area contributed by atoms with Crippen LogP contribution in [-0.4, -0.2) is 22.8 Å². The van der Waals surface area contributed by atoms with Gasteiger partial charge in [0.1, 0.15) is 0 Å². The molecule has 6 heteroatoms. The molecule has 0 saturated heterocycles. The van der Waals surface area contributed by atoms with Gasteiger partial charge in [-0.05, 0) is 103 Å². The smallest absolute Gasteiger partial charge is 0.0925 e. The molecule has 0 aromatic heterocycles. The molecule has 5 heterocycles. The molecule has 4 nitrogen and oxygen atoms in total. The lowest BCUT2D eigenvalue weighted by Crippen LogP contribution is -2.07. The van der Waals surface area contributed by atoms with Crippen LogP contribution in [0.3, 0.4) is 0 Å². The van der Waals surface area contributed by atoms with Crippen molar-refractivity contribution < 1.29 is 0 Å². The Hall–Kier alpha value is -2.82. The van der Waals surface area contributed by atoms with Crippen LogP contribution >= 0.6 is 23.2 Å². The minimum Gasteiger partial charge on any atom is -0.247 e. The molecule has 0 aromatic rings. The second kappa shape index (κ2) is 12.4. The standard InChI is InChI=1S/C36H42Cl2N4/c1-9-19-17-20-18-28-21(10-2)22(11-3)34(40-28)30(38)36-26(15-7)24(13-5)33(42-36)27(16-8)32-23(12-4)25(14-6)35(41-32)29(37)31(19)39-20/h17-18H,9-16H2,1-8H3. The van der Waals surface area contributed by atoms with Crippen molar-refractivity contribution in [3.8, 4) is 0 Å². The Labute approximate surface area is 261 Å². The second-order valence-corrected chi connectivity index (χ2v) is 11.7. The molecule has 0 fully saturated rings. The van der Waals surface area contributed by atoms with Crippen molar-refractivity contribution in [1.29, 1.82) is 0 Å². The van der Waals surface area contributed by atoms with E-state index in [1.165, 1.54) is 33.4 Å². The first-order valence-corrected chi connectivity index (χ1v) is 16.6. The van der Waals surface area contributed by atoms with E-state index in [0.29, 0.717) is 10.1 Å². The molecule has 220 valence electrons. The lowest BCUT2D eigenvalue weighted by Gasteiger charge is -2.13. The number of rotatable bonds is 8. The van der Waals surface area contributed by atoms with Crippen molar-refractivity contribution in [3.63, 3.8) is 0 Å². The zero-order valence-electron chi connectivity index (χ0n) is 26.4. The maximum Gasteiger partial charge on any atom is 0.0925 e. The van der Waals surface area contributed by atoms with E-state index in [9.17, 15) is 0 Å². The van der Waals surface area contributed by atoms with Crippen molar-refractivity contribution in [2.75, 3.05) is 0 Å². The molecule has 0 unspecified atom stereocenters. The molecule has 0 spiro atoms. The molecule has 5 rings (SSSR count). The Kier molecular flexibility index (Phi) is 9.06. The number of nitrogens with zero attached hydrogens (tertiary/aromatic N) is 4. The SMILES string of the molecule is CCC1=CC2=CC3=NC(=C(Cl)C4=NC(=C(CC)C5=NC(=C(Cl)C1=N2)C(CC)=C5CC)C(CC)=C4CC)C(CC)=C3CC. The monoisotopic (exact) mass is 600 g/mol. The minimum atomic E-state index is 0.630. The van der Waals surface area contributed by atoms with Gasteiger partial charge >= 0.3 is 0 Å². The van der Waals surface area contributed by atoms with Crippen LogP contribution in [0.1, 0.15) is 107 Å². The summed E-state index contributed by atoms with van der Waals surface area (Å²) in [6.45, 7) is 17.5. The molecular weight excluding hydrogens is 559 g/mol. The number of halogens is 2. The maximum absolute atomic E-state index is 7.36. The fourth-order valence-electron chi connectivity index (χ4n) is 6.91. The van der Waals surface area contributed by atoms with E-state index in [1.54, 1.807) is 0 Å². The highest BCUT2D eigenvalue weighted by molar-refractivity contribution is 6.48. The normalized spacial score (nSPS) is 20.7. The molecule has 0 N–H and O–H groups in total. The molecule has 0 saturated carbocycles. The molecule has 0 aliphatic carbocycles. The zero-order valence-corrected chi connectivity index (χ0v) is 27.9. The van der Waals surface area contributed by atoms with Crippen molar-refractivity contribution >= 4 is 46.0 Å². The molecule has 5 aliphatic rings. The van der Waals surface area contributed by atoms with Gasteiger partial charge in [0.25, 0.3) is 0 Å². The van der Waals surface area contributed by atoms with E-state index < -0.39 is 0 Å². The summed E-state index contributed by atoms with van der Waals surface area (Å²) in [5.74, 6) is 0. The van der Waals surface area contributed by atoms with Crippen LogP contribution < -0.4 is 0 Å². The van der Waals surface area contributed by atoms with Crippen LogP contribution in [-0.2, 0) is 0 Å². The summed E-state index contributed by atoms with van der Waals surface area (Å²) in [6.07, 6.45) is 11.0. The minimum absolute atomic E-state index is 0.630. The third kappa shape index (κ3) is 4.75. The van der Waals surface area contributed by atoms with E-state index in [-0.39, 0.29) is 0 Å². The molecule has 0 aromatic carbocycles. The zero-order chi connectivity index (χ0) is 30.3.